The molecule has 58 heavy (non-hydrogen) atoms. The van der Waals surface area contributed by atoms with E-state index < -0.39 is 0 Å². The van der Waals surface area contributed by atoms with Crippen molar-refractivity contribution in [1.82, 2.24) is 4.57 Å². The Morgan fingerprint density at radius 3 is 1.72 bits per heavy atom. The summed E-state index contributed by atoms with van der Waals surface area (Å²) < 4.78 is 2.43. The van der Waals surface area contributed by atoms with Crippen molar-refractivity contribution in [2.75, 3.05) is 4.90 Å². The Kier molecular flexibility index (Phi) is 7.59. The van der Waals surface area contributed by atoms with E-state index in [0.717, 1.165) is 0 Å². The molecular weight excluding hydrogens is 701 g/mol. The molecule has 0 saturated heterocycles. The number of hydrogen-bond donors (Lipinski definition) is 0. The standard InChI is InChI=1S/C56H44N2/c1-35-30-39(49-33-38-16-6-7-17-42(38)43-18-8-9-19-44(43)49)26-29-52(35)58(40-27-28-46-45-20-10-13-23-50(45)56(4,5)51(46)34-40)55-36(2)31-41(32-37(55)3)57-53-24-14-11-21-47(53)48-22-12-15-25-54(48)57/h6-34H,1-5H3. The van der Waals surface area contributed by atoms with Gasteiger partial charge in [-0.05, 0) is 147 Å². The molecule has 1 aliphatic carbocycles. The van der Waals surface area contributed by atoms with Crippen LogP contribution in [-0.2, 0) is 5.41 Å². The maximum atomic E-state index is 2.53. The summed E-state index contributed by atoms with van der Waals surface area (Å²) in [6.07, 6.45) is 0. The number of hydrogen-bond acceptors (Lipinski definition) is 1. The molecule has 9 aromatic carbocycles. The van der Waals surface area contributed by atoms with Crippen molar-refractivity contribution in [3.8, 4) is 27.9 Å². The third-order valence-corrected chi connectivity index (χ3v) is 12.9. The molecule has 0 N–H and O–H groups in total. The van der Waals surface area contributed by atoms with Crippen molar-refractivity contribution >= 4 is 60.4 Å². The average Bonchev–Trinajstić information content (AvgIpc) is 3.70. The lowest BCUT2D eigenvalue weighted by Crippen LogP contribution is -2.18. The highest BCUT2D eigenvalue weighted by molar-refractivity contribution is 6.14. The summed E-state index contributed by atoms with van der Waals surface area (Å²) in [4.78, 5) is 2.53. The second-order valence-electron chi connectivity index (χ2n) is 16.7. The molecule has 0 unspecified atom stereocenters. The molecule has 1 aliphatic rings. The van der Waals surface area contributed by atoms with Crippen LogP contribution in [0, 0.1) is 20.8 Å². The van der Waals surface area contributed by atoms with Gasteiger partial charge in [0.25, 0.3) is 0 Å². The Bertz CT molecular complexity index is 3230. The molecule has 0 atom stereocenters. The average molecular weight is 745 g/mol. The SMILES string of the molecule is Cc1cc(-c2cc3ccccc3c3ccccc23)ccc1N(c1ccc2c(c1)C(C)(C)c1ccccc1-2)c1c(C)cc(-n2c3ccccc3c3ccccc32)cc1C. The molecular formula is C56H44N2. The minimum absolute atomic E-state index is 0.117. The second kappa shape index (κ2) is 12.8. The molecule has 0 aliphatic heterocycles. The zero-order chi connectivity index (χ0) is 39.3. The Hall–Kier alpha value is -6.90. The van der Waals surface area contributed by atoms with Crippen molar-refractivity contribution in [3.63, 3.8) is 0 Å². The fourth-order valence-electron chi connectivity index (χ4n) is 10.2. The van der Waals surface area contributed by atoms with E-state index in [2.05, 4.69) is 220 Å². The number of benzene rings is 9. The predicted octanol–water partition coefficient (Wildman–Crippen LogP) is 15.5. The first kappa shape index (κ1) is 34.4. The zero-order valence-corrected chi connectivity index (χ0v) is 33.6. The first-order chi connectivity index (χ1) is 28.3. The molecule has 0 saturated carbocycles. The Balaban J connectivity index is 1.12. The summed E-state index contributed by atoms with van der Waals surface area (Å²) in [5.74, 6) is 0. The summed E-state index contributed by atoms with van der Waals surface area (Å²) in [5, 5.41) is 7.66. The predicted molar refractivity (Wildman–Crippen MR) is 248 cm³/mol. The van der Waals surface area contributed by atoms with Gasteiger partial charge in [0.1, 0.15) is 0 Å². The van der Waals surface area contributed by atoms with Gasteiger partial charge in [0.15, 0.2) is 0 Å². The third-order valence-electron chi connectivity index (χ3n) is 12.9. The summed E-state index contributed by atoms with van der Waals surface area (Å²) in [6, 6.07) is 65.4. The number of rotatable bonds is 5. The lowest BCUT2D eigenvalue weighted by Gasteiger charge is -2.32. The Labute approximate surface area is 340 Å². The molecule has 0 radical (unpaired) electrons. The van der Waals surface area contributed by atoms with E-state index in [-0.39, 0.29) is 5.41 Å². The topological polar surface area (TPSA) is 8.17 Å². The van der Waals surface area contributed by atoms with E-state index in [1.165, 1.54) is 116 Å². The summed E-state index contributed by atoms with van der Waals surface area (Å²) in [5.41, 5.74) is 18.7. The van der Waals surface area contributed by atoms with Crippen LogP contribution in [0.1, 0.15) is 41.7 Å². The largest absolute Gasteiger partial charge is 0.310 e. The van der Waals surface area contributed by atoms with Crippen molar-refractivity contribution in [2.45, 2.75) is 40.0 Å². The number of aryl methyl sites for hydroxylation is 3. The minimum Gasteiger partial charge on any atom is -0.310 e. The van der Waals surface area contributed by atoms with Crippen LogP contribution in [0.2, 0.25) is 0 Å². The van der Waals surface area contributed by atoms with Crippen molar-refractivity contribution in [3.05, 3.63) is 204 Å². The quantitative estimate of drug-likeness (QED) is 0.159. The first-order valence-electron chi connectivity index (χ1n) is 20.4. The molecule has 0 fully saturated rings. The molecule has 2 nitrogen and oxygen atoms in total. The van der Waals surface area contributed by atoms with E-state index >= 15 is 0 Å². The number of para-hydroxylation sites is 2. The summed E-state index contributed by atoms with van der Waals surface area (Å²) in [6.45, 7) is 11.6. The number of fused-ring (bicyclic) bond motifs is 9. The number of aromatic nitrogens is 1. The highest BCUT2D eigenvalue weighted by Crippen LogP contribution is 2.52. The van der Waals surface area contributed by atoms with E-state index in [0.29, 0.717) is 0 Å². The van der Waals surface area contributed by atoms with Gasteiger partial charge in [-0.3, -0.25) is 0 Å². The zero-order valence-electron chi connectivity index (χ0n) is 33.6. The molecule has 2 heteroatoms. The van der Waals surface area contributed by atoms with Crippen LogP contribution in [0.5, 0.6) is 0 Å². The molecule has 10 aromatic rings. The number of anilines is 3. The van der Waals surface area contributed by atoms with Gasteiger partial charge in [-0.15, -0.1) is 0 Å². The van der Waals surface area contributed by atoms with Crippen molar-refractivity contribution in [1.29, 1.82) is 0 Å². The van der Waals surface area contributed by atoms with Gasteiger partial charge in [-0.25, -0.2) is 0 Å². The highest BCUT2D eigenvalue weighted by Gasteiger charge is 2.36. The molecule has 278 valence electrons. The highest BCUT2D eigenvalue weighted by atomic mass is 15.2. The van der Waals surface area contributed by atoms with Gasteiger partial charge in [0, 0.05) is 33.2 Å². The Morgan fingerprint density at radius 2 is 1.02 bits per heavy atom. The molecule has 0 amide bonds. The van der Waals surface area contributed by atoms with Crippen molar-refractivity contribution < 1.29 is 0 Å². The number of nitrogens with zero attached hydrogens (tertiary/aromatic N) is 2. The van der Waals surface area contributed by atoms with Crippen LogP contribution in [0.4, 0.5) is 17.1 Å². The maximum Gasteiger partial charge on any atom is 0.0541 e. The lowest BCUT2D eigenvalue weighted by molar-refractivity contribution is 0.660. The minimum atomic E-state index is -0.117. The summed E-state index contributed by atoms with van der Waals surface area (Å²) >= 11 is 0. The van der Waals surface area contributed by atoms with E-state index in [9.17, 15) is 0 Å². The molecule has 0 bridgehead atoms. The molecule has 0 spiro atoms. The van der Waals surface area contributed by atoms with Crippen LogP contribution in [0.3, 0.4) is 0 Å². The van der Waals surface area contributed by atoms with Crippen LogP contribution in [-0.4, -0.2) is 4.57 Å². The fraction of sp³-hybridized carbons (Fsp3) is 0.107. The van der Waals surface area contributed by atoms with Gasteiger partial charge in [-0.1, -0.05) is 135 Å². The normalized spacial score (nSPS) is 13.1. The lowest BCUT2D eigenvalue weighted by atomic mass is 9.82. The van der Waals surface area contributed by atoms with E-state index in [1.54, 1.807) is 0 Å². The van der Waals surface area contributed by atoms with Gasteiger partial charge in [0.05, 0.1) is 16.7 Å². The monoisotopic (exact) mass is 744 g/mol. The fourth-order valence-corrected chi connectivity index (χ4v) is 10.2. The Morgan fingerprint density at radius 1 is 0.431 bits per heavy atom. The van der Waals surface area contributed by atoms with Gasteiger partial charge in [0.2, 0.25) is 0 Å². The second-order valence-corrected chi connectivity index (χ2v) is 16.7. The molecule has 1 heterocycles. The first-order valence-corrected chi connectivity index (χ1v) is 20.4. The summed E-state index contributed by atoms with van der Waals surface area (Å²) in [7, 11) is 0. The maximum absolute atomic E-state index is 2.53. The van der Waals surface area contributed by atoms with Crippen LogP contribution in [0.25, 0.3) is 71.3 Å². The molecule has 1 aromatic heterocycles. The van der Waals surface area contributed by atoms with E-state index in [4.69, 9.17) is 0 Å². The van der Waals surface area contributed by atoms with Crippen molar-refractivity contribution in [2.24, 2.45) is 0 Å². The van der Waals surface area contributed by atoms with Crippen LogP contribution < -0.4 is 4.90 Å². The van der Waals surface area contributed by atoms with Gasteiger partial charge in [-0.2, -0.15) is 0 Å². The van der Waals surface area contributed by atoms with Crippen LogP contribution >= 0.6 is 0 Å². The van der Waals surface area contributed by atoms with Crippen LogP contribution in [0.15, 0.2) is 176 Å². The smallest absolute Gasteiger partial charge is 0.0541 e. The third kappa shape index (κ3) is 5.04. The molecule has 11 rings (SSSR count). The van der Waals surface area contributed by atoms with Gasteiger partial charge < -0.3 is 9.47 Å². The van der Waals surface area contributed by atoms with Gasteiger partial charge >= 0.3 is 0 Å². The van der Waals surface area contributed by atoms with E-state index in [1.807, 2.05) is 0 Å².